The number of hydrogen-bond donors (Lipinski definition) is 1. The average Bonchev–Trinajstić information content (AvgIpc) is 3.15. The van der Waals surface area contributed by atoms with E-state index < -0.39 is 15.7 Å². The van der Waals surface area contributed by atoms with Gasteiger partial charge in [-0.1, -0.05) is 36.4 Å². The first-order valence-corrected chi connectivity index (χ1v) is 10.3. The van der Waals surface area contributed by atoms with Crippen molar-refractivity contribution in [1.82, 2.24) is 4.98 Å². The quantitative estimate of drug-likeness (QED) is 0.481. The first-order chi connectivity index (χ1) is 13.9. The topological polar surface area (TPSA) is 72.2 Å². The second kappa shape index (κ2) is 7.52. The number of nitrogens with zero attached hydrogens (tertiary/aromatic N) is 1. The van der Waals surface area contributed by atoms with E-state index in [2.05, 4.69) is 10.3 Å². The van der Waals surface area contributed by atoms with Gasteiger partial charge in [0.2, 0.25) is 26.6 Å². The maximum absolute atomic E-state index is 13.2. The first-order valence-electron chi connectivity index (χ1n) is 8.85. The summed E-state index contributed by atoms with van der Waals surface area (Å²) in [5, 5.41) is 2.68. The van der Waals surface area contributed by atoms with E-state index >= 15 is 0 Å². The first kappa shape index (κ1) is 18.9. The summed E-state index contributed by atoms with van der Waals surface area (Å²) >= 11 is 0. The van der Waals surface area contributed by atoms with Crippen molar-refractivity contribution in [1.29, 1.82) is 0 Å². The second-order valence-electron chi connectivity index (χ2n) is 6.42. The zero-order chi connectivity index (χ0) is 20.4. The minimum atomic E-state index is -3.94. The molecule has 3 aromatic carbocycles. The number of rotatable bonds is 5. The van der Waals surface area contributed by atoms with Crippen LogP contribution >= 0.6 is 0 Å². The van der Waals surface area contributed by atoms with Gasteiger partial charge in [0.1, 0.15) is 5.82 Å². The van der Waals surface area contributed by atoms with Gasteiger partial charge in [-0.3, -0.25) is 0 Å². The van der Waals surface area contributed by atoms with Crippen LogP contribution in [0.15, 0.2) is 93.2 Å². The normalized spacial score (nSPS) is 11.4. The molecule has 1 heterocycles. The second-order valence-corrected chi connectivity index (χ2v) is 8.28. The highest BCUT2D eigenvalue weighted by Gasteiger charge is 2.29. The van der Waals surface area contributed by atoms with Crippen LogP contribution in [0.4, 0.5) is 16.0 Å². The molecule has 0 unspecified atom stereocenters. The molecule has 0 saturated carbocycles. The van der Waals surface area contributed by atoms with Crippen LogP contribution in [0.1, 0.15) is 5.56 Å². The summed E-state index contributed by atoms with van der Waals surface area (Å²) in [4.78, 5) is 4.42. The van der Waals surface area contributed by atoms with Crippen LogP contribution in [0, 0.1) is 12.7 Å². The van der Waals surface area contributed by atoms with Crippen molar-refractivity contribution in [2.75, 3.05) is 5.32 Å². The molecule has 0 aliphatic heterocycles. The Morgan fingerprint density at radius 2 is 1.55 bits per heavy atom. The molecule has 0 fully saturated rings. The summed E-state index contributed by atoms with van der Waals surface area (Å²) in [5.74, 6) is -0.244. The Hall–Kier alpha value is -3.45. The van der Waals surface area contributed by atoms with E-state index in [0.717, 1.165) is 5.56 Å². The lowest BCUT2D eigenvalue weighted by molar-refractivity contribution is 0.581. The van der Waals surface area contributed by atoms with Crippen molar-refractivity contribution in [3.05, 3.63) is 90.2 Å². The van der Waals surface area contributed by atoms with E-state index in [9.17, 15) is 12.8 Å². The molecular formula is C22H17FN2O3S. The molecule has 0 aliphatic rings. The van der Waals surface area contributed by atoms with E-state index in [4.69, 9.17) is 4.42 Å². The molecule has 0 spiro atoms. The van der Waals surface area contributed by atoms with Gasteiger partial charge in [0.25, 0.3) is 0 Å². The number of aryl methyl sites for hydroxylation is 1. The monoisotopic (exact) mass is 408 g/mol. The Labute approximate surface area is 167 Å². The van der Waals surface area contributed by atoms with Crippen molar-refractivity contribution in [2.45, 2.75) is 16.8 Å². The number of benzene rings is 3. The molecule has 1 N–H and O–H groups in total. The Kier molecular flexibility index (Phi) is 4.90. The van der Waals surface area contributed by atoms with Crippen LogP contribution in [-0.4, -0.2) is 13.4 Å². The molecule has 0 amide bonds. The summed E-state index contributed by atoms with van der Waals surface area (Å²) in [6, 6.07) is 20.9. The fourth-order valence-electron chi connectivity index (χ4n) is 2.87. The lowest BCUT2D eigenvalue weighted by Crippen LogP contribution is -2.05. The molecule has 7 heteroatoms. The van der Waals surface area contributed by atoms with Gasteiger partial charge in [-0.05, 0) is 55.0 Å². The van der Waals surface area contributed by atoms with Crippen LogP contribution in [0.2, 0.25) is 0 Å². The standard InChI is InChI=1S/C22H17FN2O3S/c1-15-7-5-6-10-19(15)20-25-22(29(26,27)18-8-3-2-4-9-18)21(28-20)24-17-13-11-16(23)12-14-17/h2-14,24H,1H3. The van der Waals surface area contributed by atoms with Gasteiger partial charge in [0.05, 0.1) is 4.90 Å². The summed E-state index contributed by atoms with van der Waals surface area (Å²) in [5.41, 5.74) is 2.05. The van der Waals surface area contributed by atoms with Crippen molar-refractivity contribution in [3.63, 3.8) is 0 Å². The van der Waals surface area contributed by atoms with Crippen LogP contribution in [0.25, 0.3) is 11.5 Å². The largest absolute Gasteiger partial charge is 0.419 e. The molecular weight excluding hydrogens is 391 g/mol. The fraction of sp³-hybridized carbons (Fsp3) is 0.0455. The molecule has 4 aromatic rings. The summed E-state index contributed by atoms with van der Waals surface area (Å²) < 4.78 is 45.5. The Balaban J connectivity index is 1.86. The number of oxazole rings is 1. The van der Waals surface area contributed by atoms with Crippen molar-refractivity contribution in [2.24, 2.45) is 0 Å². The highest BCUT2D eigenvalue weighted by Crippen LogP contribution is 2.34. The number of nitrogens with one attached hydrogen (secondary N) is 1. The lowest BCUT2D eigenvalue weighted by Gasteiger charge is -2.06. The molecule has 4 rings (SSSR count). The Morgan fingerprint density at radius 3 is 2.24 bits per heavy atom. The molecule has 0 radical (unpaired) electrons. The van der Waals surface area contributed by atoms with E-state index in [1.807, 2.05) is 31.2 Å². The molecule has 0 saturated heterocycles. The number of halogens is 1. The van der Waals surface area contributed by atoms with Gasteiger partial charge in [-0.15, -0.1) is 0 Å². The number of anilines is 2. The summed E-state index contributed by atoms with van der Waals surface area (Å²) in [7, 11) is -3.94. The van der Waals surface area contributed by atoms with E-state index in [1.54, 1.807) is 18.2 Å². The Morgan fingerprint density at radius 1 is 0.897 bits per heavy atom. The van der Waals surface area contributed by atoms with E-state index in [-0.39, 0.29) is 21.7 Å². The van der Waals surface area contributed by atoms with Crippen molar-refractivity contribution >= 4 is 21.4 Å². The molecule has 0 atom stereocenters. The van der Waals surface area contributed by atoms with Crippen LogP contribution in [0.3, 0.4) is 0 Å². The van der Waals surface area contributed by atoms with E-state index in [0.29, 0.717) is 11.3 Å². The van der Waals surface area contributed by atoms with Gasteiger partial charge in [-0.25, -0.2) is 12.8 Å². The van der Waals surface area contributed by atoms with E-state index in [1.165, 1.54) is 36.4 Å². The van der Waals surface area contributed by atoms with Crippen molar-refractivity contribution < 1.29 is 17.2 Å². The third-order valence-corrected chi connectivity index (χ3v) is 6.06. The zero-order valence-electron chi connectivity index (χ0n) is 15.5. The van der Waals surface area contributed by atoms with Gasteiger partial charge < -0.3 is 9.73 Å². The molecule has 5 nitrogen and oxygen atoms in total. The maximum Gasteiger partial charge on any atom is 0.238 e. The fourth-order valence-corrected chi connectivity index (χ4v) is 4.15. The molecule has 29 heavy (non-hydrogen) atoms. The predicted molar refractivity (Wildman–Crippen MR) is 108 cm³/mol. The smallest absolute Gasteiger partial charge is 0.238 e. The molecule has 0 bridgehead atoms. The highest BCUT2D eigenvalue weighted by atomic mass is 32.2. The minimum absolute atomic E-state index is 0.0290. The lowest BCUT2D eigenvalue weighted by atomic mass is 10.1. The highest BCUT2D eigenvalue weighted by molar-refractivity contribution is 7.91. The van der Waals surface area contributed by atoms with Gasteiger partial charge in [0, 0.05) is 11.3 Å². The van der Waals surface area contributed by atoms with Gasteiger partial charge in [0.15, 0.2) is 0 Å². The minimum Gasteiger partial charge on any atom is -0.419 e. The SMILES string of the molecule is Cc1ccccc1-c1nc(S(=O)(=O)c2ccccc2)c(Nc2ccc(F)cc2)o1. The predicted octanol–water partition coefficient (Wildman–Crippen LogP) is 5.37. The third kappa shape index (κ3) is 3.77. The third-order valence-electron chi connectivity index (χ3n) is 4.38. The van der Waals surface area contributed by atoms with Crippen LogP contribution < -0.4 is 5.32 Å². The number of sulfone groups is 1. The molecule has 0 aliphatic carbocycles. The van der Waals surface area contributed by atoms with Crippen LogP contribution in [0.5, 0.6) is 0 Å². The summed E-state index contributed by atoms with van der Waals surface area (Å²) in [6.07, 6.45) is 0. The number of hydrogen-bond acceptors (Lipinski definition) is 5. The maximum atomic E-state index is 13.2. The van der Waals surface area contributed by atoms with Gasteiger partial charge >= 0.3 is 0 Å². The van der Waals surface area contributed by atoms with Crippen molar-refractivity contribution in [3.8, 4) is 11.5 Å². The Bertz CT molecular complexity index is 1250. The van der Waals surface area contributed by atoms with Crippen LogP contribution in [-0.2, 0) is 9.84 Å². The molecule has 1 aromatic heterocycles. The zero-order valence-corrected chi connectivity index (χ0v) is 16.3. The average molecular weight is 408 g/mol. The summed E-state index contributed by atoms with van der Waals surface area (Å²) in [6.45, 7) is 1.89. The molecule has 146 valence electrons. The number of aromatic nitrogens is 1. The van der Waals surface area contributed by atoms with Gasteiger partial charge in [-0.2, -0.15) is 4.98 Å².